The highest BCUT2D eigenvalue weighted by molar-refractivity contribution is 7.89. The Morgan fingerprint density at radius 2 is 2.03 bits per heavy atom. The van der Waals surface area contributed by atoms with Gasteiger partial charge in [-0.2, -0.15) is 4.31 Å². The highest BCUT2D eigenvalue weighted by atomic mass is 35.5. The summed E-state index contributed by atoms with van der Waals surface area (Å²) in [5.74, 6) is 0.571. The van der Waals surface area contributed by atoms with Crippen LogP contribution in [0.3, 0.4) is 0 Å². The first-order valence-electron chi connectivity index (χ1n) is 10.4. The fraction of sp³-hybridized carbons (Fsp3) is 0.348. The Morgan fingerprint density at radius 3 is 2.84 bits per heavy atom. The van der Waals surface area contributed by atoms with E-state index in [1.165, 1.54) is 4.31 Å². The molecule has 7 nitrogen and oxygen atoms in total. The van der Waals surface area contributed by atoms with Crippen molar-refractivity contribution in [3.05, 3.63) is 59.2 Å². The Morgan fingerprint density at radius 1 is 1.22 bits per heavy atom. The third-order valence-electron chi connectivity index (χ3n) is 5.52. The fourth-order valence-electron chi connectivity index (χ4n) is 3.75. The Balaban J connectivity index is 1.69. The molecule has 0 unspecified atom stereocenters. The van der Waals surface area contributed by atoms with Crippen molar-refractivity contribution in [2.75, 3.05) is 45.4 Å². The van der Waals surface area contributed by atoms with Crippen molar-refractivity contribution in [1.82, 2.24) is 9.29 Å². The van der Waals surface area contributed by atoms with Crippen molar-refractivity contribution in [2.45, 2.75) is 17.9 Å². The van der Waals surface area contributed by atoms with Gasteiger partial charge in [-0.1, -0.05) is 29.8 Å². The summed E-state index contributed by atoms with van der Waals surface area (Å²) >= 11 is 6.43. The van der Waals surface area contributed by atoms with Crippen molar-refractivity contribution in [3.8, 4) is 5.75 Å². The normalized spacial score (nSPS) is 13.9. The van der Waals surface area contributed by atoms with E-state index in [2.05, 4.69) is 4.98 Å². The zero-order valence-corrected chi connectivity index (χ0v) is 19.7. The second kappa shape index (κ2) is 9.62. The van der Waals surface area contributed by atoms with E-state index in [0.717, 1.165) is 23.1 Å². The number of hydrogen-bond acceptors (Lipinski definition) is 6. The Kier molecular flexibility index (Phi) is 6.85. The van der Waals surface area contributed by atoms with Crippen molar-refractivity contribution in [1.29, 1.82) is 0 Å². The van der Waals surface area contributed by atoms with Crippen molar-refractivity contribution < 1.29 is 17.9 Å². The molecule has 9 heteroatoms. The minimum atomic E-state index is -3.81. The van der Waals surface area contributed by atoms with E-state index >= 15 is 0 Å². The van der Waals surface area contributed by atoms with Crippen LogP contribution in [0.25, 0.3) is 10.9 Å². The predicted molar refractivity (Wildman–Crippen MR) is 126 cm³/mol. The van der Waals surface area contributed by atoms with Gasteiger partial charge in [-0.15, -0.1) is 0 Å². The van der Waals surface area contributed by atoms with Gasteiger partial charge in [0.25, 0.3) is 0 Å². The standard InChI is InChI=1S/C23H26ClN3O4S/c1-26-11-13-31-22-15-19(8-9-21(22)26)32(28,29)27(10-5-12-30-2)16-18-14-17-6-3-4-7-20(17)25-23(18)24/h3-4,6-9,14-15H,5,10-13,16H2,1-2H3. The SMILES string of the molecule is COCCCN(Cc1cc2ccccc2nc1Cl)S(=O)(=O)c1ccc2c(c1)OCCN2C. The number of halogens is 1. The zero-order chi connectivity index (χ0) is 22.7. The average Bonchev–Trinajstić information content (AvgIpc) is 2.78. The fourth-order valence-corrected chi connectivity index (χ4v) is 5.43. The molecule has 0 saturated heterocycles. The lowest BCUT2D eigenvalue weighted by Crippen LogP contribution is -2.33. The molecular formula is C23H26ClN3O4S. The number of ether oxygens (including phenoxy) is 2. The van der Waals surface area contributed by atoms with E-state index in [0.29, 0.717) is 36.1 Å². The molecule has 0 spiro atoms. The second-order valence-corrected chi connectivity index (χ2v) is 10.0. The number of rotatable bonds is 8. The highest BCUT2D eigenvalue weighted by Crippen LogP contribution is 2.34. The molecule has 1 aliphatic rings. The smallest absolute Gasteiger partial charge is 0.243 e. The summed E-state index contributed by atoms with van der Waals surface area (Å²) in [5.41, 5.74) is 2.30. The number of anilines is 1. The lowest BCUT2D eigenvalue weighted by molar-refractivity contribution is 0.186. The van der Waals surface area contributed by atoms with Crippen molar-refractivity contribution >= 4 is 38.2 Å². The molecule has 0 amide bonds. The van der Waals surface area contributed by atoms with Gasteiger partial charge in [-0.05, 0) is 30.7 Å². The first-order valence-corrected chi connectivity index (χ1v) is 12.2. The van der Waals surface area contributed by atoms with Crippen LogP contribution in [0.2, 0.25) is 5.15 Å². The van der Waals surface area contributed by atoms with E-state index in [4.69, 9.17) is 21.1 Å². The quantitative estimate of drug-likeness (QED) is 0.363. The number of pyridine rings is 1. The molecule has 32 heavy (non-hydrogen) atoms. The molecule has 170 valence electrons. The first kappa shape index (κ1) is 22.8. The summed E-state index contributed by atoms with van der Waals surface area (Å²) in [5, 5.41) is 1.21. The van der Waals surface area contributed by atoms with Gasteiger partial charge in [0.15, 0.2) is 0 Å². The van der Waals surface area contributed by atoms with Crippen molar-refractivity contribution in [2.24, 2.45) is 0 Å². The number of sulfonamides is 1. The zero-order valence-electron chi connectivity index (χ0n) is 18.1. The summed E-state index contributed by atoms with van der Waals surface area (Å²) in [6.07, 6.45) is 0.554. The van der Waals surface area contributed by atoms with Crippen LogP contribution >= 0.6 is 11.6 Å². The van der Waals surface area contributed by atoms with E-state index in [9.17, 15) is 8.42 Å². The summed E-state index contributed by atoms with van der Waals surface area (Å²) < 4.78 is 39.5. The lowest BCUT2D eigenvalue weighted by atomic mass is 10.1. The molecule has 1 aliphatic heterocycles. The number of methoxy groups -OCH3 is 1. The first-order chi connectivity index (χ1) is 15.4. The second-order valence-electron chi connectivity index (χ2n) is 7.72. The van der Waals surface area contributed by atoms with Gasteiger partial charge in [-0.3, -0.25) is 0 Å². The number of hydrogen-bond donors (Lipinski definition) is 0. The molecule has 1 aromatic heterocycles. The van der Waals surface area contributed by atoms with Gasteiger partial charge >= 0.3 is 0 Å². The van der Waals surface area contributed by atoms with E-state index in [-0.39, 0.29) is 18.0 Å². The molecule has 2 heterocycles. The molecule has 0 saturated carbocycles. The summed E-state index contributed by atoms with van der Waals surface area (Å²) in [7, 11) is -0.251. The number of benzene rings is 2. The van der Waals surface area contributed by atoms with Crippen LogP contribution in [-0.2, 0) is 21.3 Å². The maximum Gasteiger partial charge on any atom is 0.243 e. The van der Waals surface area contributed by atoms with Crippen LogP contribution in [0, 0.1) is 0 Å². The number of nitrogens with zero attached hydrogens (tertiary/aromatic N) is 3. The maximum absolute atomic E-state index is 13.6. The van der Waals surface area contributed by atoms with Crippen molar-refractivity contribution in [3.63, 3.8) is 0 Å². The Labute approximate surface area is 193 Å². The molecule has 0 bridgehead atoms. The predicted octanol–water partition coefficient (Wildman–Crippen LogP) is 3.94. The van der Waals surface area contributed by atoms with Gasteiger partial charge in [0.1, 0.15) is 17.5 Å². The molecule has 0 atom stereocenters. The van der Waals surface area contributed by atoms with Gasteiger partial charge in [0.05, 0.1) is 22.6 Å². The van der Waals surface area contributed by atoms with Gasteiger partial charge in [0, 0.05) is 50.9 Å². The Bertz CT molecular complexity index is 1220. The van der Waals surface area contributed by atoms with Crippen LogP contribution < -0.4 is 9.64 Å². The largest absolute Gasteiger partial charge is 0.490 e. The monoisotopic (exact) mass is 475 g/mol. The topological polar surface area (TPSA) is 72.0 Å². The molecule has 4 rings (SSSR count). The van der Waals surface area contributed by atoms with Crippen LogP contribution in [0.15, 0.2) is 53.4 Å². The van der Waals surface area contributed by atoms with E-state index in [1.807, 2.05) is 42.3 Å². The third-order valence-corrected chi connectivity index (χ3v) is 7.69. The number of fused-ring (bicyclic) bond motifs is 2. The van der Waals surface area contributed by atoms with Gasteiger partial charge in [0.2, 0.25) is 10.0 Å². The van der Waals surface area contributed by atoms with E-state index < -0.39 is 10.0 Å². The van der Waals surface area contributed by atoms with Gasteiger partial charge < -0.3 is 14.4 Å². The summed E-state index contributed by atoms with van der Waals surface area (Å²) in [6, 6.07) is 14.5. The summed E-state index contributed by atoms with van der Waals surface area (Å²) in [6.45, 7) is 2.13. The molecule has 0 N–H and O–H groups in total. The summed E-state index contributed by atoms with van der Waals surface area (Å²) in [4.78, 5) is 6.68. The van der Waals surface area contributed by atoms with Crippen LogP contribution in [-0.4, -0.2) is 58.2 Å². The Hall–Kier alpha value is -2.39. The molecule has 0 fully saturated rings. The third kappa shape index (κ3) is 4.68. The van der Waals surface area contributed by atoms with E-state index in [1.54, 1.807) is 25.3 Å². The molecule has 3 aromatic rings. The molecule has 0 aliphatic carbocycles. The maximum atomic E-state index is 13.6. The minimum absolute atomic E-state index is 0.112. The number of likely N-dealkylation sites (N-methyl/N-ethyl adjacent to an activating group) is 1. The minimum Gasteiger partial charge on any atom is -0.490 e. The molecule has 2 aromatic carbocycles. The van der Waals surface area contributed by atoms with Gasteiger partial charge in [-0.25, -0.2) is 13.4 Å². The molecular weight excluding hydrogens is 450 g/mol. The van der Waals surface area contributed by atoms with Crippen LogP contribution in [0.4, 0.5) is 5.69 Å². The highest BCUT2D eigenvalue weighted by Gasteiger charge is 2.28. The number of para-hydroxylation sites is 1. The molecule has 0 radical (unpaired) electrons. The number of aromatic nitrogens is 1. The lowest BCUT2D eigenvalue weighted by Gasteiger charge is -2.29. The average molecular weight is 476 g/mol. The van der Waals surface area contributed by atoms with Crippen LogP contribution in [0.1, 0.15) is 12.0 Å². The van der Waals surface area contributed by atoms with Crippen LogP contribution in [0.5, 0.6) is 5.75 Å².